The van der Waals surface area contributed by atoms with Crippen LogP contribution in [-0.2, 0) is 43.5 Å². The maximum Gasteiger partial charge on any atom is 0.408 e. The summed E-state index contributed by atoms with van der Waals surface area (Å²) in [4.78, 5) is 23.9. The third-order valence-corrected chi connectivity index (χ3v) is 10.5. The van der Waals surface area contributed by atoms with Gasteiger partial charge in [-0.3, -0.25) is 0 Å². The van der Waals surface area contributed by atoms with Gasteiger partial charge in [0.25, 0.3) is 0 Å². The fraction of sp³-hybridized carbons (Fsp3) is 0.347. The highest BCUT2D eigenvalue weighted by atomic mass is 127. The molecule has 324 valence electrons. The SMILES string of the molecule is CC(C)(C)OC(=O)NC1COCc2ccc(-c3ccccc3)cc21.CC(C)(C)OC(=O)NC1COCc2ccc(I)cc21.Cl.NC1COCc2ccc(-c3ccccc3)cc21. The minimum absolute atomic E-state index is 0. The van der Waals surface area contributed by atoms with E-state index in [4.69, 9.17) is 29.4 Å². The normalized spacial score (nSPS) is 17.7. The summed E-state index contributed by atoms with van der Waals surface area (Å²) in [5.41, 5.74) is 16.7. The molecule has 12 heteroatoms. The predicted octanol–water partition coefficient (Wildman–Crippen LogP) is 11.1. The van der Waals surface area contributed by atoms with Crippen LogP contribution in [0.15, 0.2) is 115 Å². The van der Waals surface area contributed by atoms with Gasteiger partial charge >= 0.3 is 12.2 Å². The standard InChI is InChI=1S/C20H23NO3.C15H15NO.C14H18INO3.ClH/c1-20(2,3)24-19(22)21-18-13-23-12-16-10-9-15(11-17(16)18)14-7-5-4-6-8-14;16-15-10-17-9-13-7-6-12(8-14(13)15)11-4-2-1-3-5-11;1-14(2,3)19-13(17)16-12-8-18-7-9-4-5-10(15)6-11(9)12;/h4-11,18H,12-13H2,1-3H3,(H,21,22);1-8,15H,9-10,16H2;4-6,12H,7-8H2,1-3H3,(H,16,17);1H. The number of hydrogen-bond donors (Lipinski definition) is 3. The number of halogens is 2. The van der Waals surface area contributed by atoms with Gasteiger partial charge in [0, 0.05) is 3.57 Å². The van der Waals surface area contributed by atoms with E-state index in [0.717, 1.165) is 37.0 Å². The second kappa shape index (κ2) is 21.5. The topological polar surface area (TPSA) is 130 Å². The molecule has 0 radical (unpaired) electrons. The lowest BCUT2D eigenvalue weighted by atomic mass is 9.94. The summed E-state index contributed by atoms with van der Waals surface area (Å²) < 4.78 is 28.3. The molecule has 2 amide bonds. The van der Waals surface area contributed by atoms with Crippen molar-refractivity contribution in [1.82, 2.24) is 10.6 Å². The van der Waals surface area contributed by atoms with Crippen LogP contribution >= 0.6 is 35.0 Å². The van der Waals surface area contributed by atoms with Crippen LogP contribution in [0.1, 0.15) is 93.0 Å². The molecular formula is C49H57ClIN3O7. The molecule has 3 atom stereocenters. The van der Waals surface area contributed by atoms with Crippen LogP contribution in [0.5, 0.6) is 0 Å². The molecule has 3 unspecified atom stereocenters. The summed E-state index contributed by atoms with van der Waals surface area (Å²) in [5.74, 6) is 0. The van der Waals surface area contributed by atoms with Crippen molar-refractivity contribution in [3.63, 3.8) is 0 Å². The minimum Gasteiger partial charge on any atom is -0.444 e. The predicted molar refractivity (Wildman–Crippen MR) is 250 cm³/mol. The van der Waals surface area contributed by atoms with Crippen molar-refractivity contribution in [1.29, 1.82) is 0 Å². The highest BCUT2D eigenvalue weighted by Gasteiger charge is 2.27. The maximum atomic E-state index is 12.1. The second-order valence-electron chi connectivity index (χ2n) is 17.0. The molecule has 5 aromatic rings. The van der Waals surface area contributed by atoms with Crippen LogP contribution in [0.2, 0.25) is 0 Å². The highest BCUT2D eigenvalue weighted by Crippen LogP contribution is 2.32. The molecule has 3 heterocycles. The first kappa shape index (κ1) is 47.5. The Morgan fingerprint density at radius 1 is 0.557 bits per heavy atom. The summed E-state index contributed by atoms with van der Waals surface area (Å²) in [5, 5.41) is 5.79. The number of amides is 2. The lowest BCUT2D eigenvalue weighted by molar-refractivity contribution is 0.0382. The summed E-state index contributed by atoms with van der Waals surface area (Å²) >= 11 is 2.27. The fourth-order valence-electron chi connectivity index (χ4n) is 7.04. The van der Waals surface area contributed by atoms with E-state index >= 15 is 0 Å². The number of hydrogen-bond acceptors (Lipinski definition) is 8. The first-order valence-corrected chi connectivity index (χ1v) is 21.3. The number of nitrogens with two attached hydrogens (primary N) is 1. The molecule has 0 aromatic heterocycles. The summed E-state index contributed by atoms with van der Waals surface area (Å²) in [6.07, 6.45) is -0.832. The van der Waals surface area contributed by atoms with E-state index in [2.05, 4.69) is 112 Å². The van der Waals surface area contributed by atoms with Gasteiger partial charge < -0.3 is 40.1 Å². The minimum atomic E-state index is -0.520. The molecule has 3 aliphatic heterocycles. The molecule has 0 aliphatic carbocycles. The zero-order valence-electron chi connectivity index (χ0n) is 35.7. The van der Waals surface area contributed by atoms with Crippen LogP contribution < -0.4 is 16.4 Å². The Morgan fingerprint density at radius 2 is 0.951 bits per heavy atom. The van der Waals surface area contributed by atoms with Crippen molar-refractivity contribution in [2.24, 2.45) is 5.73 Å². The van der Waals surface area contributed by atoms with Crippen LogP contribution in [-0.4, -0.2) is 43.2 Å². The van der Waals surface area contributed by atoms with Gasteiger partial charge in [-0.15, -0.1) is 12.4 Å². The summed E-state index contributed by atoms with van der Waals surface area (Å²) in [6, 6.07) is 39.1. The molecule has 0 spiro atoms. The van der Waals surface area contributed by atoms with Gasteiger partial charge in [-0.25, -0.2) is 9.59 Å². The van der Waals surface area contributed by atoms with Gasteiger partial charge in [0.1, 0.15) is 11.2 Å². The van der Waals surface area contributed by atoms with Crippen LogP contribution in [0.25, 0.3) is 22.3 Å². The summed E-state index contributed by atoms with van der Waals surface area (Å²) in [7, 11) is 0. The fourth-order valence-corrected chi connectivity index (χ4v) is 7.56. The molecule has 0 saturated heterocycles. The summed E-state index contributed by atoms with van der Waals surface area (Å²) in [6.45, 7) is 14.5. The second-order valence-corrected chi connectivity index (χ2v) is 18.2. The van der Waals surface area contributed by atoms with Crippen LogP contribution in [0.4, 0.5) is 9.59 Å². The van der Waals surface area contributed by atoms with Gasteiger partial charge in [-0.1, -0.05) is 91.0 Å². The Hall–Kier alpha value is -4.50. The number of fused-ring (bicyclic) bond motifs is 3. The van der Waals surface area contributed by atoms with E-state index in [1.54, 1.807) is 0 Å². The number of benzene rings is 5. The van der Waals surface area contributed by atoms with Crippen molar-refractivity contribution in [2.45, 2.75) is 90.7 Å². The lowest BCUT2D eigenvalue weighted by Crippen LogP contribution is -2.38. The number of ether oxygens (including phenoxy) is 5. The largest absolute Gasteiger partial charge is 0.444 e. The Kier molecular flexibility index (Phi) is 16.8. The number of alkyl carbamates (subject to hydrolysis) is 2. The lowest BCUT2D eigenvalue weighted by Gasteiger charge is -2.28. The average molecular weight is 962 g/mol. The molecule has 4 N–H and O–H groups in total. The van der Waals surface area contributed by atoms with E-state index < -0.39 is 23.4 Å². The maximum absolute atomic E-state index is 12.1. The van der Waals surface area contributed by atoms with E-state index in [1.165, 1.54) is 22.3 Å². The van der Waals surface area contributed by atoms with E-state index in [0.29, 0.717) is 39.6 Å². The van der Waals surface area contributed by atoms with Crippen molar-refractivity contribution in [3.05, 3.63) is 152 Å². The Bertz CT molecular complexity index is 2230. The van der Waals surface area contributed by atoms with Gasteiger partial charge in [-0.05, 0) is 144 Å². The Labute approximate surface area is 379 Å². The average Bonchev–Trinajstić information content (AvgIpc) is 3.21. The Balaban J connectivity index is 0.000000174. The molecule has 5 aromatic carbocycles. The molecule has 0 fully saturated rings. The van der Waals surface area contributed by atoms with Gasteiger partial charge in [-0.2, -0.15) is 0 Å². The molecule has 3 aliphatic rings. The number of rotatable bonds is 4. The van der Waals surface area contributed by atoms with E-state index in [1.807, 2.05) is 77.9 Å². The van der Waals surface area contributed by atoms with Crippen LogP contribution in [0, 0.1) is 3.57 Å². The van der Waals surface area contributed by atoms with Gasteiger partial charge in [0.2, 0.25) is 0 Å². The Morgan fingerprint density at radius 3 is 1.41 bits per heavy atom. The zero-order chi connectivity index (χ0) is 42.9. The highest BCUT2D eigenvalue weighted by molar-refractivity contribution is 14.1. The van der Waals surface area contributed by atoms with Gasteiger partial charge in [0.15, 0.2) is 0 Å². The number of nitrogens with one attached hydrogen (secondary N) is 2. The first-order chi connectivity index (χ1) is 28.6. The third kappa shape index (κ3) is 14.0. The molecule has 0 saturated carbocycles. The van der Waals surface area contributed by atoms with Crippen molar-refractivity contribution in [3.8, 4) is 22.3 Å². The van der Waals surface area contributed by atoms with Crippen molar-refractivity contribution < 1.29 is 33.3 Å². The molecule has 8 rings (SSSR count). The zero-order valence-corrected chi connectivity index (χ0v) is 38.6. The third-order valence-electron chi connectivity index (χ3n) is 9.79. The molecule has 0 bridgehead atoms. The number of carbonyl (C=O) groups is 2. The monoisotopic (exact) mass is 961 g/mol. The molecule has 10 nitrogen and oxygen atoms in total. The molecular weight excluding hydrogens is 905 g/mol. The van der Waals surface area contributed by atoms with Crippen molar-refractivity contribution in [2.75, 3.05) is 19.8 Å². The molecule has 61 heavy (non-hydrogen) atoms. The smallest absolute Gasteiger partial charge is 0.408 e. The van der Waals surface area contributed by atoms with E-state index in [-0.39, 0.29) is 30.5 Å². The van der Waals surface area contributed by atoms with Gasteiger partial charge in [0.05, 0.1) is 57.8 Å². The van der Waals surface area contributed by atoms with Crippen molar-refractivity contribution >= 4 is 47.2 Å². The van der Waals surface area contributed by atoms with Crippen LogP contribution in [0.3, 0.4) is 0 Å². The number of carbonyl (C=O) groups excluding carboxylic acids is 2. The van der Waals surface area contributed by atoms with E-state index in [9.17, 15) is 9.59 Å². The first-order valence-electron chi connectivity index (χ1n) is 20.2. The quantitative estimate of drug-likeness (QED) is 0.152.